The molecule has 0 saturated heterocycles. The van der Waals surface area contributed by atoms with Crippen LogP contribution in [0.2, 0.25) is 0 Å². The number of aromatic nitrogens is 1. The van der Waals surface area contributed by atoms with Crippen molar-refractivity contribution in [3.63, 3.8) is 0 Å². The molecular weight excluding hydrogens is 328 g/mol. The zero-order valence-electron chi connectivity index (χ0n) is 16.0. The third kappa shape index (κ3) is 3.92. The Bertz CT molecular complexity index is 803. The van der Waals surface area contributed by atoms with Crippen LogP contribution in [0.1, 0.15) is 57.3 Å². The number of rotatable bonds is 5. The van der Waals surface area contributed by atoms with Crippen LogP contribution in [0.4, 0.5) is 0 Å². The summed E-state index contributed by atoms with van der Waals surface area (Å²) >= 11 is 0. The van der Waals surface area contributed by atoms with Gasteiger partial charge < -0.3 is 15.2 Å². The molecule has 0 radical (unpaired) electrons. The van der Waals surface area contributed by atoms with Gasteiger partial charge in [-0.3, -0.25) is 9.78 Å². The van der Waals surface area contributed by atoms with Gasteiger partial charge >= 0.3 is 0 Å². The minimum atomic E-state index is -0.523. The minimum absolute atomic E-state index is 0.0641. The standard InChI is InChI=1S/C21H28N2O3/c1-12(2)25-20-11-15-17(10-16(20)21(22)24)23-8-7-18(15)26-19-9-13(3)5-6-14(19)4/h7-8,10-14,19H,5-6,9H2,1-4H3,(H2,22,24)/t13?,14-,19?/m1/s1. The molecule has 26 heavy (non-hydrogen) atoms. The summed E-state index contributed by atoms with van der Waals surface area (Å²) in [6.07, 6.45) is 5.33. The average molecular weight is 356 g/mol. The summed E-state index contributed by atoms with van der Waals surface area (Å²) in [4.78, 5) is 16.2. The van der Waals surface area contributed by atoms with Crippen molar-refractivity contribution >= 4 is 16.8 Å². The van der Waals surface area contributed by atoms with Crippen LogP contribution in [0, 0.1) is 11.8 Å². The Hall–Kier alpha value is -2.30. The molecule has 5 heteroatoms. The topological polar surface area (TPSA) is 74.4 Å². The predicted molar refractivity (Wildman–Crippen MR) is 103 cm³/mol. The number of fused-ring (bicyclic) bond motifs is 1. The normalized spacial score (nSPS) is 23.2. The highest BCUT2D eigenvalue weighted by molar-refractivity contribution is 6.01. The van der Waals surface area contributed by atoms with E-state index in [4.69, 9.17) is 15.2 Å². The molecule has 2 aromatic rings. The van der Waals surface area contributed by atoms with E-state index < -0.39 is 5.91 Å². The first kappa shape index (κ1) is 18.5. The molecule has 3 atom stereocenters. The fourth-order valence-electron chi connectivity index (χ4n) is 3.60. The van der Waals surface area contributed by atoms with Gasteiger partial charge in [-0.05, 0) is 56.7 Å². The maximum atomic E-state index is 11.8. The highest BCUT2D eigenvalue weighted by Crippen LogP contribution is 2.36. The van der Waals surface area contributed by atoms with E-state index in [9.17, 15) is 4.79 Å². The molecule has 2 unspecified atom stereocenters. The minimum Gasteiger partial charge on any atom is -0.490 e. The second-order valence-electron chi connectivity index (χ2n) is 7.76. The molecule has 3 rings (SSSR count). The average Bonchev–Trinajstić information content (AvgIpc) is 2.57. The summed E-state index contributed by atoms with van der Waals surface area (Å²) in [6, 6.07) is 5.40. The first-order valence-electron chi connectivity index (χ1n) is 9.41. The molecule has 1 aromatic carbocycles. The Labute approximate surface area is 154 Å². The van der Waals surface area contributed by atoms with E-state index in [0.717, 1.165) is 17.6 Å². The summed E-state index contributed by atoms with van der Waals surface area (Å²) in [5, 5.41) is 0.846. The van der Waals surface area contributed by atoms with E-state index in [2.05, 4.69) is 18.8 Å². The molecule has 1 aliphatic carbocycles. The van der Waals surface area contributed by atoms with E-state index in [1.54, 1.807) is 12.3 Å². The van der Waals surface area contributed by atoms with Gasteiger partial charge in [0, 0.05) is 11.6 Å². The van der Waals surface area contributed by atoms with Crippen molar-refractivity contribution in [2.75, 3.05) is 0 Å². The Morgan fingerprint density at radius 3 is 2.69 bits per heavy atom. The van der Waals surface area contributed by atoms with Crippen molar-refractivity contribution in [2.24, 2.45) is 17.6 Å². The molecule has 5 nitrogen and oxygen atoms in total. The smallest absolute Gasteiger partial charge is 0.252 e. The Morgan fingerprint density at radius 1 is 1.23 bits per heavy atom. The number of hydrogen-bond acceptors (Lipinski definition) is 4. The molecule has 2 N–H and O–H groups in total. The van der Waals surface area contributed by atoms with Crippen LogP contribution in [0.5, 0.6) is 11.5 Å². The van der Waals surface area contributed by atoms with Crippen LogP contribution in [-0.2, 0) is 0 Å². The molecule has 0 aliphatic heterocycles. The summed E-state index contributed by atoms with van der Waals surface area (Å²) in [5.41, 5.74) is 6.55. The van der Waals surface area contributed by atoms with Crippen LogP contribution >= 0.6 is 0 Å². The highest BCUT2D eigenvalue weighted by atomic mass is 16.5. The Balaban J connectivity index is 2.01. The van der Waals surface area contributed by atoms with E-state index in [0.29, 0.717) is 28.7 Å². The van der Waals surface area contributed by atoms with Gasteiger partial charge in [0.15, 0.2) is 0 Å². The maximum Gasteiger partial charge on any atom is 0.252 e. The second-order valence-corrected chi connectivity index (χ2v) is 7.76. The fourth-order valence-corrected chi connectivity index (χ4v) is 3.60. The van der Waals surface area contributed by atoms with Crippen molar-refractivity contribution in [2.45, 2.75) is 59.2 Å². The number of carbonyl (C=O) groups excluding carboxylic acids is 1. The third-order valence-electron chi connectivity index (χ3n) is 5.09. The predicted octanol–water partition coefficient (Wildman–Crippen LogP) is 4.32. The highest BCUT2D eigenvalue weighted by Gasteiger charge is 2.27. The number of ether oxygens (including phenoxy) is 2. The molecule has 1 aromatic heterocycles. The summed E-state index contributed by atoms with van der Waals surface area (Å²) in [5.74, 6) is 1.93. The number of carbonyl (C=O) groups is 1. The van der Waals surface area contributed by atoms with Crippen LogP contribution in [0.25, 0.3) is 10.9 Å². The van der Waals surface area contributed by atoms with Crippen LogP contribution < -0.4 is 15.2 Å². The van der Waals surface area contributed by atoms with Crippen LogP contribution in [0.3, 0.4) is 0 Å². The van der Waals surface area contributed by atoms with Gasteiger partial charge in [-0.2, -0.15) is 0 Å². The van der Waals surface area contributed by atoms with Crippen molar-refractivity contribution in [1.29, 1.82) is 0 Å². The SMILES string of the molecule is CC1CC[C@@H](C)C(Oc2ccnc3cc(C(N)=O)c(OC(C)C)cc23)C1. The van der Waals surface area contributed by atoms with Gasteiger partial charge in [0.2, 0.25) is 0 Å². The van der Waals surface area contributed by atoms with E-state index in [-0.39, 0.29) is 12.2 Å². The van der Waals surface area contributed by atoms with Crippen LogP contribution in [-0.4, -0.2) is 23.1 Å². The summed E-state index contributed by atoms with van der Waals surface area (Å²) in [7, 11) is 0. The lowest BCUT2D eigenvalue weighted by Gasteiger charge is -2.33. The van der Waals surface area contributed by atoms with Gasteiger partial charge in [-0.15, -0.1) is 0 Å². The van der Waals surface area contributed by atoms with Gasteiger partial charge in [-0.1, -0.05) is 20.3 Å². The lowest BCUT2D eigenvalue weighted by molar-refractivity contribution is 0.0805. The Morgan fingerprint density at radius 2 is 2.00 bits per heavy atom. The molecule has 1 saturated carbocycles. The van der Waals surface area contributed by atoms with Gasteiger partial charge in [0.25, 0.3) is 5.91 Å². The van der Waals surface area contributed by atoms with Gasteiger partial charge in [0.05, 0.1) is 17.2 Å². The number of nitrogens with two attached hydrogens (primary N) is 1. The maximum absolute atomic E-state index is 11.8. The molecule has 1 heterocycles. The first-order chi connectivity index (χ1) is 12.3. The number of nitrogens with zero attached hydrogens (tertiary/aromatic N) is 1. The number of amides is 1. The fraction of sp³-hybridized carbons (Fsp3) is 0.524. The Kier molecular flexibility index (Phi) is 5.35. The molecule has 140 valence electrons. The lowest BCUT2D eigenvalue weighted by atomic mass is 9.81. The number of benzene rings is 1. The quantitative estimate of drug-likeness (QED) is 0.865. The summed E-state index contributed by atoms with van der Waals surface area (Å²) < 4.78 is 12.2. The molecule has 1 fully saturated rings. The number of hydrogen-bond donors (Lipinski definition) is 1. The zero-order chi connectivity index (χ0) is 18.8. The van der Waals surface area contributed by atoms with Gasteiger partial charge in [0.1, 0.15) is 17.6 Å². The number of primary amides is 1. The van der Waals surface area contributed by atoms with E-state index in [1.807, 2.05) is 26.0 Å². The zero-order valence-corrected chi connectivity index (χ0v) is 16.0. The monoisotopic (exact) mass is 356 g/mol. The molecule has 0 bridgehead atoms. The number of pyridine rings is 1. The van der Waals surface area contributed by atoms with Crippen LogP contribution in [0.15, 0.2) is 24.4 Å². The van der Waals surface area contributed by atoms with E-state index >= 15 is 0 Å². The molecule has 1 amide bonds. The summed E-state index contributed by atoms with van der Waals surface area (Å²) in [6.45, 7) is 8.36. The second kappa shape index (κ2) is 7.52. The largest absolute Gasteiger partial charge is 0.490 e. The van der Waals surface area contributed by atoms with E-state index in [1.165, 1.54) is 12.8 Å². The lowest BCUT2D eigenvalue weighted by Crippen LogP contribution is -2.31. The first-order valence-corrected chi connectivity index (χ1v) is 9.41. The van der Waals surface area contributed by atoms with Crippen molar-refractivity contribution in [3.05, 3.63) is 30.0 Å². The van der Waals surface area contributed by atoms with Crippen molar-refractivity contribution < 1.29 is 14.3 Å². The third-order valence-corrected chi connectivity index (χ3v) is 5.09. The molecular formula is C21H28N2O3. The molecule has 1 aliphatic rings. The van der Waals surface area contributed by atoms with Gasteiger partial charge in [-0.25, -0.2) is 0 Å². The van der Waals surface area contributed by atoms with Crippen molar-refractivity contribution in [3.8, 4) is 11.5 Å². The molecule has 0 spiro atoms. The van der Waals surface area contributed by atoms with Crippen molar-refractivity contribution in [1.82, 2.24) is 4.98 Å².